The monoisotopic (exact) mass is 520 g/mol. The van der Waals surface area contributed by atoms with Crippen LogP contribution in [-0.4, -0.2) is 60.4 Å². The SMILES string of the molecule is CC(C)C(N)=NC(=O)N1CCC(CCCOc2ccc(CC3NC(=O)OC(C)(C)OC3=O)c(F)c2)CC1. The number of nitrogens with one attached hydrogen (secondary N) is 1. The summed E-state index contributed by atoms with van der Waals surface area (Å²) in [6, 6.07) is 3.11. The molecule has 37 heavy (non-hydrogen) atoms. The third-order valence-electron chi connectivity index (χ3n) is 6.44. The van der Waals surface area contributed by atoms with Gasteiger partial charge in [0.1, 0.15) is 23.4 Å². The van der Waals surface area contributed by atoms with Crippen LogP contribution in [-0.2, 0) is 20.7 Å². The van der Waals surface area contributed by atoms with Gasteiger partial charge >= 0.3 is 18.1 Å². The third kappa shape index (κ3) is 8.33. The van der Waals surface area contributed by atoms with Crippen LogP contribution in [0.15, 0.2) is 23.2 Å². The van der Waals surface area contributed by atoms with Gasteiger partial charge in [0.2, 0.25) is 0 Å². The molecular formula is C26H37FN4O6. The number of esters is 1. The van der Waals surface area contributed by atoms with E-state index >= 15 is 0 Å². The maximum Gasteiger partial charge on any atom is 0.411 e. The molecule has 11 heteroatoms. The number of amides is 3. The first-order chi connectivity index (χ1) is 17.4. The molecule has 2 heterocycles. The molecule has 2 fully saturated rings. The van der Waals surface area contributed by atoms with Crippen LogP contribution in [0.3, 0.4) is 0 Å². The lowest BCUT2D eigenvalue weighted by Crippen LogP contribution is -2.40. The zero-order chi connectivity index (χ0) is 27.2. The minimum Gasteiger partial charge on any atom is -0.493 e. The first kappa shape index (κ1) is 28.2. The number of carbonyl (C=O) groups is 3. The molecule has 2 aliphatic rings. The van der Waals surface area contributed by atoms with E-state index in [-0.39, 0.29) is 23.9 Å². The number of rotatable bonds is 8. The lowest BCUT2D eigenvalue weighted by molar-refractivity contribution is -0.189. The Labute approximate surface area is 216 Å². The molecule has 3 amide bonds. The average molecular weight is 521 g/mol. The summed E-state index contributed by atoms with van der Waals surface area (Å²) in [6.45, 7) is 8.44. The second-order valence-corrected chi connectivity index (χ2v) is 10.3. The Bertz CT molecular complexity index is 1020. The van der Waals surface area contributed by atoms with Gasteiger partial charge in [0.05, 0.1) is 6.61 Å². The number of piperidine rings is 1. The Morgan fingerprint density at radius 1 is 1.27 bits per heavy atom. The number of hydrogen-bond donors (Lipinski definition) is 2. The van der Waals surface area contributed by atoms with E-state index in [1.807, 2.05) is 13.8 Å². The molecule has 1 unspecified atom stereocenters. The van der Waals surface area contributed by atoms with Gasteiger partial charge in [-0.1, -0.05) is 19.9 Å². The van der Waals surface area contributed by atoms with Crippen LogP contribution in [0.1, 0.15) is 58.9 Å². The molecule has 0 spiro atoms. The smallest absolute Gasteiger partial charge is 0.411 e. The summed E-state index contributed by atoms with van der Waals surface area (Å²) in [7, 11) is 0. The van der Waals surface area contributed by atoms with Crippen molar-refractivity contribution in [3.63, 3.8) is 0 Å². The lowest BCUT2D eigenvalue weighted by Gasteiger charge is -2.30. The zero-order valence-corrected chi connectivity index (χ0v) is 21.9. The number of hydrogen-bond acceptors (Lipinski definition) is 6. The van der Waals surface area contributed by atoms with E-state index in [1.54, 1.807) is 11.0 Å². The average Bonchev–Trinajstić information content (AvgIpc) is 2.91. The maximum absolute atomic E-state index is 14.7. The number of benzene rings is 1. The molecule has 3 rings (SSSR count). The van der Waals surface area contributed by atoms with Gasteiger partial charge in [0.15, 0.2) is 0 Å². The van der Waals surface area contributed by atoms with Crippen molar-refractivity contribution in [3.8, 4) is 5.75 Å². The largest absolute Gasteiger partial charge is 0.493 e. The summed E-state index contributed by atoms with van der Waals surface area (Å²) in [5, 5.41) is 2.40. The molecule has 1 atom stereocenters. The first-order valence-corrected chi connectivity index (χ1v) is 12.7. The Balaban J connectivity index is 1.41. The Morgan fingerprint density at radius 2 is 1.97 bits per heavy atom. The van der Waals surface area contributed by atoms with E-state index in [9.17, 15) is 18.8 Å². The standard InChI is InChI=1S/C26H37FN4O6/c1-16(2)22(28)30-24(33)31-11-9-17(10-12-31)6-5-13-35-19-8-7-18(20(27)15-19)14-21-23(32)36-26(3,4)37-25(34)29-21/h7-8,15-17,21H,5-6,9-14H2,1-4H3,(H,29,34)(H2,28,30,33). The van der Waals surface area contributed by atoms with Crippen LogP contribution in [0.4, 0.5) is 14.0 Å². The van der Waals surface area contributed by atoms with Gasteiger partial charge < -0.3 is 30.2 Å². The van der Waals surface area contributed by atoms with E-state index in [2.05, 4.69) is 10.3 Å². The minimum atomic E-state index is -1.39. The van der Waals surface area contributed by atoms with E-state index in [0.717, 1.165) is 25.7 Å². The van der Waals surface area contributed by atoms with Crippen LogP contribution in [0.2, 0.25) is 0 Å². The molecule has 204 valence electrons. The summed E-state index contributed by atoms with van der Waals surface area (Å²) in [5.74, 6) is -1.36. The maximum atomic E-state index is 14.7. The fourth-order valence-corrected chi connectivity index (χ4v) is 4.21. The number of urea groups is 1. The van der Waals surface area contributed by atoms with Gasteiger partial charge in [-0.3, -0.25) is 0 Å². The molecule has 2 aliphatic heterocycles. The molecule has 10 nitrogen and oxygen atoms in total. The number of aliphatic imine (C=N–C) groups is 1. The second kappa shape index (κ2) is 12.2. The zero-order valence-electron chi connectivity index (χ0n) is 21.9. The number of cyclic esters (lactones) is 2. The molecule has 2 saturated heterocycles. The van der Waals surface area contributed by atoms with Crippen molar-refractivity contribution >= 4 is 23.9 Å². The highest BCUT2D eigenvalue weighted by atomic mass is 19.1. The van der Waals surface area contributed by atoms with Gasteiger partial charge in [-0.15, -0.1) is 0 Å². The lowest BCUT2D eigenvalue weighted by atomic mass is 9.92. The molecule has 0 saturated carbocycles. The van der Waals surface area contributed by atoms with E-state index in [0.29, 0.717) is 37.2 Å². The van der Waals surface area contributed by atoms with Crippen molar-refractivity contribution in [1.29, 1.82) is 0 Å². The number of carbonyl (C=O) groups excluding carboxylic acids is 3. The van der Waals surface area contributed by atoms with Crippen molar-refractivity contribution in [2.45, 2.75) is 71.6 Å². The van der Waals surface area contributed by atoms with Crippen molar-refractivity contribution < 1.29 is 33.0 Å². The fraction of sp³-hybridized carbons (Fsp3) is 0.615. The number of likely N-dealkylation sites (tertiary alicyclic amines) is 1. The van der Waals surface area contributed by atoms with Crippen LogP contribution in [0.25, 0.3) is 0 Å². The van der Waals surface area contributed by atoms with Gasteiger partial charge in [0.25, 0.3) is 5.79 Å². The molecule has 3 N–H and O–H groups in total. The highest BCUT2D eigenvalue weighted by Gasteiger charge is 2.37. The fourth-order valence-electron chi connectivity index (χ4n) is 4.21. The molecule has 1 aromatic carbocycles. The number of ether oxygens (including phenoxy) is 3. The molecule has 0 radical (unpaired) electrons. The van der Waals surface area contributed by atoms with Gasteiger partial charge in [-0.25, -0.2) is 18.8 Å². The molecule has 0 bridgehead atoms. The van der Waals surface area contributed by atoms with Crippen molar-refractivity contribution in [2.75, 3.05) is 19.7 Å². The van der Waals surface area contributed by atoms with Crippen molar-refractivity contribution in [2.24, 2.45) is 22.6 Å². The number of nitrogens with two attached hydrogens (primary N) is 1. The topological polar surface area (TPSA) is 133 Å². The summed E-state index contributed by atoms with van der Waals surface area (Å²) < 4.78 is 30.5. The predicted molar refractivity (Wildman–Crippen MR) is 135 cm³/mol. The highest BCUT2D eigenvalue weighted by Crippen LogP contribution is 2.24. The summed E-state index contributed by atoms with van der Waals surface area (Å²) in [5.41, 5.74) is 6.04. The molecule has 1 aromatic rings. The highest BCUT2D eigenvalue weighted by molar-refractivity contribution is 5.93. The normalized spacial score (nSPS) is 20.6. The number of amidine groups is 1. The first-order valence-electron chi connectivity index (χ1n) is 12.7. The van der Waals surface area contributed by atoms with Gasteiger partial charge in [0, 0.05) is 45.3 Å². The third-order valence-corrected chi connectivity index (χ3v) is 6.44. The quantitative estimate of drug-likeness (QED) is 0.231. The number of halogens is 1. The van der Waals surface area contributed by atoms with E-state index in [4.69, 9.17) is 19.9 Å². The van der Waals surface area contributed by atoms with Crippen LogP contribution >= 0.6 is 0 Å². The number of nitrogens with zero attached hydrogens (tertiary/aromatic N) is 2. The van der Waals surface area contributed by atoms with Crippen LogP contribution < -0.4 is 15.8 Å². The molecular weight excluding hydrogens is 483 g/mol. The predicted octanol–water partition coefficient (Wildman–Crippen LogP) is 3.76. The summed E-state index contributed by atoms with van der Waals surface area (Å²) >= 11 is 0. The number of alkyl carbamates (subject to hydrolysis) is 1. The summed E-state index contributed by atoms with van der Waals surface area (Å²) in [4.78, 5) is 42.1. The van der Waals surface area contributed by atoms with Crippen molar-refractivity contribution in [1.82, 2.24) is 10.2 Å². The minimum absolute atomic E-state index is 0.0388. The molecule has 0 aromatic heterocycles. The second-order valence-electron chi connectivity index (χ2n) is 10.3. The van der Waals surface area contributed by atoms with Crippen molar-refractivity contribution in [3.05, 3.63) is 29.6 Å². The van der Waals surface area contributed by atoms with Gasteiger partial charge in [-0.2, -0.15) is 4.99 Å². The van der Waals surface area contributed by atoms with Gasteiger partial charge in [-0.05, 0) is 43.2 Å². The van der Waals surface area contributed by atoms with E-state index in [1.165, 1.54) is 26.0 Å². The summed E-state index contributed by atoms with van der Waals surface area (Å²) in [6.07, 6.45) is 2.66. The Kier molecular flexibility index (Phi) is 9.34. The van der Waals surface area contributed by atoms with Crippen LogP contribution in [0, 0.1) is 17.7 Å². The Morgan fingerprint density at radius 3 is 2.62 bits per heavy atom. The molecule has 0 aliphatic carbocycles. The Hall–Kier alpha value is -3.37. The van der Waals surface area contributed by atoms with Crippen LogP contribution in [0.5, 0.6) is 5.75 Å². The van der Waals surface area contributed by atoms with E-state index < -0.39 is 29.7 Å².